The highest BCUT2D eigenvalue weighted by Crippen LogP contribution is 2.37. The lowest BCUT2D eigenvalue weighted by Crippen LogP contribution is -2.47. The summed E-state index contributed by atoms with van der Waals surface area (Å²) in [6.45, 7) is 5.78. The van der Waals surface area contributed by atoms with Crippen LogP contribution in [0.5, 0.6) is 11.5 Å². The highest BCUT2D eigenvalue weighted by molar-refractivity contribution is 6.00. The van der Waals surface area contributed by atoms with E-state index in [1.807, 2.05) is 72.6 Å². The number of piperazine rings is 1. The number of aromatic nitrogens is 1. The SMILES string of the molecule is COc1ccc(-c2coc3cc(OC)c(/C(C)=C/C(=O)N4CCN(Cc5ccccn5)CC4)cc23)cc1. The van der Waals surface area contributed by atoms with Crippen LogP contribution in [0.2, 0.25) is 0 Å². The maximum absolute atomic E-state index is 13.2. The van der Waals surface area contributed by atoms with Gasteiger partial charge in [0.05, 0.1) is 26.2 Å². The molecule has 1 fully saturated rings. The number of methoxy groups -OCH3 is 2. The maximum Gasteiger partial charge on any atom is 0.246 e. The highest BCUT2D eigenvalue weighted by Gasteiger charge is 2.21. The van der Waals surface area contributed by atoms with E-state index in [0.717, 1.165) is 64.3 Å². The van der Waals surface area contributed by atoms with Gasteiger partial charge in [0.15, 0.2) is 0 Å². The van der Waals surface area contributed by atoms with Crippen LogP contribution in [0.4, 0.5) is 0 Å². The van der Waals surface area contributed by atoms with Crippen molar-refractivity contribution < 1.29 is 18.7 Å². The zero-order valence-electron chi connectivity index (χ0n) is 21.4. The van der Waals surface area contributed by atoms with E-state index < -0.39 is 0 Å². The van der Waals surface area contributed by atoms with Crippen LogP contribution in [0.15, 0.2) is 77.6 Å². The number of furan rings is 1. The molecule has 0 aliphatic carbocycles. The largest absolute Gasteiger partial charge is 0.497 e. The van der Waals surface area contributed by atoms with E-state index in [1.54, 1.807) is 26.6 Å². The van der Waals surface area contributed by atoms with Gasteiger partial charge in [-0.15, -0.1) is 0 Å². The number of pyridine rings is 1. The number of ether oxygens (including phenoxy) is 2. The summed E-state index contributed by atoms with van der Waals surface area (Å²) in [5, 5.41) is 0.962. The minimum Gasteiger partial charge on any atom is -0.497 e. The Balaban J connectivity index is 1.34. The van der Waals surface area contributed by atoms with Crippen molar-refractivity contribution in [3.8, 4) is 22.6 Å². The molecule has 7 nitrogen and oxygen atoms in total. The number of amides is 1. The van der Waals surface area contributed by atoms with E-state index in [9.17, 15) is 4.79 Å². The van der Waals surface area contributed by atoms with Gasteiger partial charge < -0.3 is 18.8 Å². The molecule has 1 amide bonds. The summed E-state index contributed by atoms with van der Waals surface area (Å²) in [6.07, 6.45) is 5.29. The lowest BCUT2D eigenvalue weighted by atomic mass is 9.99. The molecule has 7 heteroatoms. The van der Waals surface area contributed by atoms with Crippen molar-refractivity contribution in [2.75, 3.05) is 40.4 Å². The minimum absolute atomic E-state index is 0.0136. The minimum atomic E-state index is 0.0136. The fraction of sp³-hybridized carbons (Fsp3) is 0.267. The van der Waals surface area contributed by atoms with Gasteiger partial charge in [-0.25, -0.2) is 0 Å². The molecule has 5 rings (SSSR count). The summed E-state index contributed by atoms with van der Waals surface area (Å²) >= 11 is 0. The van der Waals surface area contributed by atoms with E-state index in [-0.39, 0.29) is 5.91 Å². The molecular formula is C30H31N3O4. The van der Waals surface area contributed by atoms with Crippen LogP contribution in [0, 0.1) is 0 Å². The number of fused-ring (bicyclic) bond motifs is 1. The first kappa shape index (κ1) is 24.6. The normalized spacial score (nSPS) is 14.7. The second-order valence-electron chi connectivity index (χ2n) is 9.18. The third-order valence-corrected chi connectivity index (χ3v) is 6.86. The van der Waals surface area contributed by atoms with Crippen LogP contribution >= 0.6 is 0 Å². The molecule has 37 heavy (non-hydrogen) atoms. The van der Waals surface area contributed by atoms with Crippen LogP contribution < -0.4 is 9.47 Å². The third-order valence-electron chi connectivity index (χ3n) is 6.86. The van der Waals surface area contributed by atoms with Crippen LogP contribution in [0.3, 0.4) is 0 Å². The highest BCUT2D eigenvalue weighted by atomic mass is 16.5. The Labute approximate surface area is 216 Å². The predicted octanol–water partition coefficient (Wildman–Crippen LogP) is 5.26. The molecule has 0 unspecified atom stereocenters. The van der Waals surface area contributed by atoms with E-state index in [1.165, 1.54) is 0 Å². The van der Waals surface area contributed by atoms with Crippen molar-refractivity contribution in [1.29, 1.82) is 0 Å². The quantitative estimate of drug-likeness (QED) is 0.325. The molecule has 1 aliphatic rings. The number of carbonyl (C=O) groups is 1. The lowest BCUT2D eigenvalue weighted by Gasteiger charge is -2.34. The molecule has 4 aromatic rings. The van der Waals surface area contributed by atoms with E-state index >= 15 is 0 Å². The zero-order chi connectivity index (χ0) is 25.8. The smallest absolute Gasteiger partial charge is 0.246 e. The summed E-state index contributed by atoms with van der Waals surface area (Å²) in [4.78, 5) is 21.8. The summed E-state index contributed by atoms with van der Waals surface area (Å²) in [6, 6.07) is 17.8. The van der Waals surface area contributed by atoms with Gasteiger partial charge in [0.25, 0.3) is 0 Å². The molecule has 190 valence electrons. The van der Waals surface area contributed by atoms with Crippen LogP contribution in [0.25, 0.3) is 27.7 Å². The number of hydrogen-bond acceptors (Lipinski definition) is 6. The number of rotatable bonds is 7. The predicted molar refractivity (Wildman–Crippen MR) is 144 cm³/mol. The van der Waals surface area contributed by atoms with Crippen molar-refractivity contribution >= 4 is 22.4 Å². The maximum atomic E-state index is 13.2. The van der Waals surface area contributed by atoms with E-state index in [4.69, 9.17) is 13.9 Å². The number of hydrogen-bond donors (Lipinski definition) is 0. The van der Waals surface area contributed by atoms with Crippen LogP contribution in [-0.4, -0.2) is 61.1 Å². The molecule has 0 radical (unpaired) electrons. The monoisotopic (exact) mass is 497 g/mol. The summed E-state index contributed by atoms with van der Waals surface area (Å²) in [5.74, 6) is 1.48. The Bertz CT molecular complexity index is 1400. The molecule has 0 spiro atoms. The number of nitrogens with zero attached hydrogens (tertiary/aromatic N) is 3. The Kier molecular flexibility index (Phi) is 7.23. The standard InChI is InChI=1S/C30H31N3O4/c1-21(16-30(34)33-14-12-32(13-15-33)19-23-6-4-5-11-31-23)25-17-26-27(20-37-29(26)18-28(25)36-3)22-7-9-24(35-2)10-8-22/h4-11,16-18,20H,12-15,19H2,1-3H3/b21-16+. The molecule has 3 heterocycles. The molecular weight excluding hydrogens is 466 g/mol. The van der Waals surface area contributed by atoms with Crippen molar-refractivity contribution in [3.63, 3.8) is 0 Å². The summed E-state index contributed by atoms with van der Waals surface area (Å²) < 4.78 is 16.8. The lowest BCUT2D eigenvalue weighted by molar-refractivity contribution is -0.127. The molecule has 0 N–H and O–H groups in total. The van der Waals surface area contributed by atoms with Crippen molar-refractivity contribution in [3.05, 3.63) is 84.4 Å². The van der Waals surface area contributed by atoms with Crippen molar-refractivity contribution in [1.82, 2.24) is 14.8 Å². The van der Waals surface area contributed by atoms with Gasteiger partial charge in [-0.2, -0.15) is 0 Å². The molecule has 1 saturated heterocycles. The second kappa shape index (κ2) is 10.9. The molecule has 0 bridgehead atoms. The average Bonchev–Trinajstić information content (AvgIpc) is 3.36. The summed E-state index contributed by atoms with van der Waals surface area (Å²) in [5.41, 5.74) is 5.50. The Morgan fingerprint density at radius 3 is 2.49 bits per heavy atom. The first-order valence-electron chi connectivity index (χ1n) is 12.4. The van der Waals surface area contributed by atoms with Crippen LogP contribution in [0.1, 0.15) is 18.2 Å². The van der Waals surface area contributed by atoms with E-state index in [0.29, 0.717) is 18.8 Å². The van der Waals surface area contributed by atoms with Gasteiger partial charge in [0.1, 0.15) is 17.1 Å². The fourth-order valence-corrected chi connectivity index (χ4v) is 4.73. The van der Waals surface area contributed by atoms with Gasteiger partial charge in [0.2, 0.25) is 5.91 Å². The van der Waals surface area contributed by atoms with Gasteiger partial charge in [-0.05, 0) is 48.4 Å². The Morgan fingerprint density at radius 2 is 1.81 bits per heavy atom. The third kappa shape index (κ3) is 5.37. The van der Waals surface area contributed by atoms with E-state index in [2.05, 4.69) is 9.88 Å². The average molecular weight is 498 g/mol. The summed E-state index contributed by atoms with van der Waals surface area (Å²) in [7, 11) is 3.28. The molecule has 2 aromatic heterocycles. The topological polar surface area (TPSA) is 68.0 Å². The number of allylic oxidation sites excluding steroid dienone is 1. The second-order valence-corrected chi connectivity index (χ2v) is 9.18. The van der Waals surface area contributed by atoms with Gasteiger partial charge in [0, 0.05) is 67.6 Å². The molecule has 2 aromatic carbocycles. The first-order chi connectivity index (χ1) is 18.1. The Morgan fingerprint density at radius 1 is 1.03 bits per heavy atom. The fourth-order valence-electron chi connectivity index (χ4n) is 4.73. The van der Waals surface area contributed by atoms with Gasteiger partial charge in [-0.1, -0.05) is 18.2 Å². The number of benzene rings is 2. The van der Waals surface area contributed by atoms with Crippen LogP contribution in [-0.2, 0) is 11.3 Å². The van der Waals surface area contributed by atoms with Gasteiger partial charge in [-0.3, -0.25) is 14.7 Å². The Hall–Kier alpha value is -4.10. The first-order valence-corrected chi connectivity index (χ1v) is 12.4. The zero-order valence-corrected chi connectivity index (χ0v) is 21.4. The van der Waals surface area contributed by atoms with Gasteiger partial charge >= 0.3 is 0 Å². The molecule has 0 saturated carbocycles. The van der Waals surface area contributed by atoms with Crippen molar-refractivity contribution in [2.45, 2.75) is 13.5 Å². The van der Waals surface area contributed by atoms with Crippen molar-refractivity contribution in [2.24, 2.45) is 0 Å². The molecule has 0 atom stereocenters. The number of carbonyl (C=O) groups excluding carboxylic acids is 1. The molecule has 1 aliphatic heterocycles.